The molecule has 10 heteroatoms. The number of carbonyl (C=O) groups is 1. The van der Waals surface area contributed by atoms with Crippen molar-refractivity contribution in [1.82, 2.24) is 10.3 Å². The second kappa shape index (κ2) is 7.06. The number of amides is 1. The normalized spacial score (nSPS) is 10.9. The molecule has 0 saturated heterocycles. The zero-order valence-corrected chi connectivity index (χ0v) is 13.2. The molecular weight excluding hydrogens is 338 g/mol. The van der Waals surface area contributed by atoms with Gasteiger partial charge in [0.05, 0.1) is 16.9 Å². The summed E-state index contributed by atoms with van der Waals surface area (Å²) >= 11 is 0. The first-order chi connectivity index (χ1) is 11.3. The number of rotatable bonds is 6. The Bertz CT molecular complexity index is 847. The molecule has 2 aromatic carbocycles. The maximum Gasteiger partial charge on any atom is 0.269 e. The van der Waals surface area contributed by atoms with Crippen molar-refractivity contribution in [1.29, 1.82) is 0 Å². The number of methoxy groups -OCH3 is 1. The van der Waals surface area contributed by atoms with Gasteiger partial charge in [0, 0.05) is 17.7 Å². The molecule has 2 aromatic rings. The van der Waals surface area contributed by atoms with Gasteiger partial charge < -0.3 is 4.74 Å². The summed E-state index contributed by atoms with van der Waals surface area (Å²) in [6, 6.07) is 10.3. The lowest BCUT2D eigenvalue weighted by atomic mass is 10.2. The maximum absolute atomic E-state index is 12.0. The summed E-state index contributed by atoms with van der Waals surface area (Å²) in [5.41, 5.74) is 2.05. The van der Waals surface area contributed by atoms with Gasteiger partial charge in [0.2, 0.25) is 0 Å². The summed E-state index contributed by atoms with van der Waals surface area (Å²) in [6.07, 6.45) is 0. The van der Waals surface area contributed by atoms with Crippen molar-refractivity contribution >= 4 is 21.6 Å². The molecule has 0 aliphatic carbocycles. The number of nitro benzene ring substituents is 1. The second-order valence-electron chi connectivity index (χ2n) is 4.54. The van der Waals surface area contributed by atoms with E-state index in [9.17, 15) is 23.3 Å². The quantitative estimate of drug-likeness (QED) is 0.595. The number of sulfonamides is 1. The van der Waals surface area contributed by atoms with Gasteiger partial charge in [-0.3, -0.25) is 20.3 Å². The zero-order chi connectivity index (χ0) is 17.7. The van der Waals surface area contributed by atoms with Gasteiger partial charge in [-0.25, -0.2) is 8.42 Å². The number of hydrogen-bond acceptors (Lipinski definition) is 6. The summed E-state index contributed by atoms with van der Waals surface area (Å²) in [4.78, 5) is 23.5. The lowest BCUT2D eigenvalue weighted by Crippen LogP contribution is -2.41. The number of hydrazine groups is 1. The molecule has 2 N–H and O–H groups in total. The molecule has 0 aliphatic heterocycles. The fraction of sp³-hybridized carbons (Fsp3) is 0.0714. The minimum atomic E-state index is -4.05. The lowest BCUT2D eigenvalue weighted by molar-refractivity contribution is -0.384. The Balaban J connectivity index is 2.05. The van der Waals surface area contributed by atoms with Crippen molar-refractivity contribution in [2.24, 2.45) is 0 Å². The molecule has 24 heavy (non-hydrogen) atoms. The first-order valence-electron chi connectivity index (χ1n) is 6.54. The van der Waals surface area contributed by atoms with Crippen LogP contribution in [0.15, 0.2) is 53.4 Å². The molecule has 0 fully saturated rings. The van der Waals surface area contributed by atoms with E-state index < -0.39 is 20.9 Å². The van der Waals surface area contributed by atoms with Crippen LogP contribution in [0.1, 0.15) is 10.4 Å². The third-order valence-corrected chi connectivity index (χ3v) is 4.27. The predicted octanol–water partition coefficient (Wildman–Crippen LogP) is 1.23. The van der Waals surface area contributed by atoms with Gasteiger partial charge in [0.1, 0.15) is 5.75 Å². The Morgan fingerprint density at radius 1 is 1.08 bits per heavy atom. The minimum Gasteiger partial charge on any atom is -0.497 e. The number of non-ortho nitro benzene ring substituents is 1. The van der Waals surface area contributed by atoms with Crippen LogP contribution in [-0.4, -0.2) is 26.4 Å². The van der Waals surface area contributed by atoms with Gasteiger partial charge in [-0.1, -0.05) is 0 Å². The summed E-state index contributed by atoms with van der Waals surface area (Å²) in [5.74, 6) is -0.110. The summed E-state index contributed by atoms with van der Waals surface area (Å²) in [6.45, 7) is 0. The Hall–Kier alpha value is -2.98. The number of carbonyl (C=O) groups excluding carboxylic acids is 1. The van der Waals surface area contributed by atoms with Gasteiger partial charge in [0.15, 0.2) is 0 Å². The molecule has 0 spiro atoms. The topological polar surface area (TPSA) is 128 Å². The number of nitrogens with one attached hydrogen (secondary N) is 2. The van der Waals surface area contributed by atoms with Crippen LogP contribution < -0.4 is 15.0 Å². The Labute approximate surface area is 137 Å². The Morgan fingerprint density at radius 2 is 1.67 bits per heavy atom. The van der Waals surface area contributed by atoms with Gasteiger partial charge in [0.25, 0.3) is 21.6 Å². The minimum absolute atomic E-state index is 0.219. The van der Waals surface area contributed by atoms with Crippen LogP contribution in [0.25, 0.3) is 0 Å². The van der Waals surface area contributed by atoms with E-state index in [-0.39, 0.29) is 16.1 Å². The molecule has 9 nitrogen and oxygen atoms in total. The third kappa shape index (κ3) is 4.06. The van der Waals surface area contributed by atoms with E-state index in [1.165, 1.54) is 19.2 Å². The van der Waals surface area contributed by atoms with E-state index in [4.69, 9.17) is 4.74 Å². The van der Waals surface area contributed by atoms with Crippen molar-refractivity contribution in [2.75, 3.05) is 7.11 Å². The Kier molecular flexibility index (Phi) is 5.11. The molecule has 0 unspecified atom stereocenters. The number of nitrogens with zero attached hydrogens (tertiary/aromatic N) is 1. The number of ether oxygens (including phenoxy) is 1. The fourth-order valence-corrected chi connectivity index (χ4v) is 2.57. The van der Waals surface area contributed by atoms with Crippen molar-refractivity contribution in [3.05, 3.63) is 64.2 Å². The second-order valence-corrected chi connectivity index (χ2v) is 6.22. The first kappa shape index (κ1) is 17.4. The maximum atomic E-state index is 12.0. The van der Waals surface area contributed by atoms with Gasteiger partial charge in [-0.2, -0.15) is 0 Å². The van der Waals surface area contributed by atoms with Crippen LogP contribution in [0.3, 0.4) is 0 Å². The highest BCUT2D eigenvalue weighted by molar-refractivity contribution is 7.89. The molecule has 0 heterocycles. The monoisotopic (exact) mass is 351 g/mol. The molecule has 0 saturated carbocycles. The zero-order valence-electron chi connectivity index (χ0n) is 12.4. The average Bonchev–Trinajstić information content (AvgIpc) is 2.60. The molecule has 0 aromatic heterocycles. The molecule has 2 rings (SSSR count). The van der Waals surface area contributed by atoms with Crippen molar-refractivity contribution in [3.8, 4) is 5.75 Å². The summed E-state index contributed by atoms with van der Waals surface area (Å²) < 4.78 is 29.0. The highest BCUT2D eigenvalue weighted by atomic mass is 32.2. The van der Waals surface area contributed by atoms with Crippen LogP contribution in [0, 0.1) is 10.1 Å². The number of nitro groups is 1. The van der Waals surface area contributed by atoms with Crippen LogP contribution in [0.5, 0.6) is 5.75 Å². The van der Waals surface area contributed by atoms with E-state index in [1.807, 2.05) is 4.83 Å². The summed E-state index contributed by atoms with van der Waals surface area (Å²) in [7, 11) is -2.57. The van der Waals surface area contributed by atoms with Gasteiger partial charge in [-0.15, -0.1) is 4.83 Å². The van der Waals surface area contributed by atoms with Crippen molar-refractivity contribution < 1.29 is 22.9 Å². The molecule has 0 aliphatic rings. The largest absolute Gasteiger partial charge is 0.497 e. The standard InChI is InChI=1S/C14H13N3O6S/c1-23-12-6-2-10(3-7-12)14(18)15-16-24(21,22)13-8-4-11(5-9-13)17(19)20/h2-9,16H,1H3,(H,15,18). The van der Waals surface area contributed by atoms with Crippen molar-refractivity contribution in [3.63, 3.8) is 0 Å². The number of hydrogen-bond donors (Lipinski definition) is 2. The van der Waals surface area contributed by atoms with Crippen LogP contribution in [0.2, 0.25) is 0 Å². The third-order valence-electron chi connectivity index (χ3n) is 3.01. The predicted molar refractivity (Wildman–Crippen MR) is 83.9 cm³/mol. The molecule has 0 radical (unpaired) electrons. The van der Waals surface area contributed by atoms with Crippen LogP contribution in [-0.2, 0) is 10.0 Å². The fourth-order valence-electron chi connectivity index (χ4n) is 1.73. The lowest BCUT2D eigenvalue weighted by Gasteiger charge is -2.08. The SMILES string of the molecule is COc1ccc(C(=O)NNS(=O)(=O)c2ccc([N+](=O)[O-])cc2)cc1. The molecule has 1 amide bonds. The van der Waals surface area contributed by atoms with E-state index in [0.717, 1.165) is 24.3 Å². The molecule has 0 bridgehead atoms. The van der Waals surface area contributed by atoms with E-state index in [0.29, 0.717) is 5.75 Å². The van der Waals surface area contributed by atoms with Crippen LogP contribution >= 0.6 is 0 Å². The number of benzene rings is 2. The molecule has 126 valence electrons. The first-order valence-corrected chi connectivity index (χ1v) is 8.02. The smallest absolute Gasteiger partial charge is 0.269 e. The van der Waals surface area contributed by atoms with Crippen LogP contribution in [0.4, 0.5) is 5.69 Å². The van der Waals surface area contributed by atoms with E-state index >= 15 is 0 Å². The highest BCUT2D eigenvalue weighted by Crippen LogP contribution is 2.15. The van der Waals surface area contributed by atoms with E-state index in [2.05, 4.69) is 5.43 Å². The molecule has 0 atom stereocenters. The van der Waals surface area contributed by atoms with Gasteiger partial charge >= 0.3 is 0 Å². The van der Waals surface area contributed by atoms with Gasteiger partial charge in [-0.05, 0) is 36.4 Å². The van der Waals surface area contributed by atoms with E-state index in [1.54, 1.807) is 12.1 Å². The highest BCUT2D eigenvalue weighted by Gasteiger charge is 2.17. The van der Waals surface area contributed by atoms with Crippen molar-refractivity contribution in [2.45, 2.75) is 4.90 Å². The average molecular weight is 351 g/mol. The summed E-state index contributed by atoms with van der Waals surface area (Å²) in [5, 5.41) is 10.6. The Morgan fingerprint density at radius 3 is 2.17 bits per heavy atom. The molecular formula is C14H13N3O6S.